The van der Waals surface area contributed by atoms with E-state index < -0.39 is 0 Å². The third-order valence-corrected chi connectivity index (χ3v) is 5.05. The number of aromatic nitrogens is 4. The van der Waals surface area contributed by atoms with Crippen LogP contribution in [0.2, 0.25) is 0 Å². The van der Waals surface area contributed by atoms with Crippen LogP contribution in [0.5, 0.6) is 0 Å². The molecule has 0 aliphatic heterocycles. The first-order chi connectivity index (χ1) is 13.7. The number of nitrogens with one attached hydrogen (secondary N) is 1. The van der Waals surface area contributed by atoms with Gasteiger partial charge in [-0.05, 0) is 54.6 Å². The van der Waals surface area contributed by atoms with Crippen LogP contribution in [0.1, 0.15) is 29.5 Å². The summed E-state index contributed by atoms with van der Waals surface area (Å²) in [5.41, 5.74) is 1.46. The molecule has 0 bridgehead atoms. The van der Waals surface area contributed by atoms with E-state index in [0.29, 0.717) is 18.7 Å². The van der Waals surface area contributed by atoms with Crippen LogP contribution in [0.4, 0.5) is 0 Å². The predicted octanol–water partition coefficient (Wildman–Crippen LogP) is 3.34. The third-order valence-electron chi connectivity index (χ3n) is 3.95. The monoisotopic (exact) mass is 437 g/mol. The van der Waals surface area contributed by atoms with Gasteiger partial charge in [0.15, 0.2) is 0 Å². The number of aryl methyl sites for hydroxylation is 1. The van der Waals surface area contributed by atoms with Crippen molar-refractivity contribution in [1.82, 2.24) is 25.5 Å². The van der Waals surface area contributed by atoms with Crippen LogP contribution in [0.15, 0.2) is 46.0 Å². The molecule has 0 spiro atoms. The van der Waals surface area contributed by atoms with E-state index >= 15 is 0 Å². The highest BCUT2D eigenvalue weighted by atomic mass is 35.5. The van der Waals surface area contributed by atoms with Gasteiger partial charge in [-0.3, -0.25) is 0 Å². The molecule has 156 valence electrons. The minimum absolute atomic E-state index is 0. The molecule has 8 nitrogen and oxygen atoms in total. The Morgan fingerprint density at radius 1 is 1.24 bits per heavy atom. The molecule has 0 fully saturated rings. The Labute approximate surface area is 179 Å². The molecule has 3 rings (SSSR count). The van der Waals surface area contributed by atoms with E-state index in [2.05, 4.69) is 20.8 Å². The standard InChI is InChI=1S/C19H23N5O3S.ClH/c1-3-26-18(25)15-7-5-14(6-8-15)17-10-9-16(27-17)13-20-11-4-12-28-19-21-22-23-24(19)2;/h5-10,20H,3-4,11-13H2,1-2H3;1H. The van der Waals surface area contributed by atoms with Gasteiger partial charge < -0.3 is 14.5 Å². The zero-order valence-corrected chi connectivity index (χ0v) is 18.0. The minimum Gasteiger partial charge on any atom is -0.462 e. The number of hydrogen-bond acceptors (Lipinski definition) is 8. The first-order valence-electron chi connectivity index (χ1n) is 9.09. The van der Waals surface area contributed by atoms with E-state index in [4.69, 9.17) is 9.15 Å². The molecule has 0 radical (unpaired) electrons. The Hall–Kier alpha value is -2.36. The number of carbonyl (C=O) groups is 1. The Morgan fingerprint density at radius 2 is 2.03 bits per heavy atom. The van der Waals surface area contributed by atoms with Crippen molar-refractivity contribution in [1.29, 1.82) is 0 Å². The number of rotatable bonds is 10. The number of ether oxygens (including phenoxy) is 1. The SMILES string of the molecule is CCOC(=O)c1ccc(-c2ccc(CNCCCSc3nnnn3C)o2)cc1.Cl. The van der Waals surface area contributed by atoms with Gasteiger partial charge in [0, 0.05) is 18.4 Å². The van der Waals surface area contributed by atoms with Crippen LogP contribution in [0.3, 0.4) is 0 Å². The van der Waals surface area contributed by atoms with Crippen LogP contribution in [-0.4, -0.2) is 45.1 Å². The largest absolute Gasteiger partial charge is 0.462 e. The van der Waals surface area contributed by atoms with E-state index in [0.717, 1.165) is 41.0 Å². The van der Waals surface area contributed by atoms with Crippen molar-refractivity contribution in [3.05, 3.63) is 47.7 Å². The number of thioether (sulfide) groups is 1. The Balaban J connectivity index is 0.00000300. The summed E-state index contributed by atoms with van der Waals surface area (Å²) in [5, 5.41) is 15.6. The number of hydrogen-bond donors (Lipinski definition) is 1. The molecule has 0 amide bonds. The fourth-order valence-corrected chi connectivity index (χ4v) is 3.32. The number of furan rings is 1. The van der Waals surface area contributed by atoms with Crippen LogP contribution in [-0.2, 0) is 18.3 Å². The smallest absolute Gasteiger partial charge is 0.338 e. The summed E-state index contributed by atoms with van der Waals surface area (Å²) in [6.45, 7) is 3.70. The lowest BCUT2D eigenvalue weighted by Crippen LogP contribution is -2.14. The molecule has 0 unspecified atom stereocenters. The van der Waals surface area contributed by atoms with Gasteiger partial charge in [-0.2, -0.15) is 0 Å². The van der Waals surface area contributed by atoms with Gasteiger partial charge in [-0.25, -0.2) is 9.48 Å². The van der Waals surface area contributed by atoms with Gasteiger partial charge in [-0.15, -0.1) is 17.5 Å². The van der Waals surface area contributed by atoms with E-state index in [1.165, 1.54) is 0 Å². The molecule has 0 saturated carbocycles. The van der Waals surface area contributed by atoms with Crippen LogP contribution in [0.25, 0.3) is 11.3 Å². The van der Waals surface area contributed by atoms with Gasteiger partial charge in [0.25, 0.3) is 0 Å². The molecular formula is C19H24ClN5O3S. The van der Waals surface area contributed by atoms with E-state index in [1.54, 1.807) is 35.5 Å². The van der Waals surface area contributed by atoms with Crippen LogP contribution in [0, 0.1) is 0 Å². The van der Waals surface area contributed by atoms with Gasteiger partial charge in [0.1, 0.15) is 11.5 Å². The Bertz CT molecular complexity index is 897. The van der Waals surface area contributed by atoms with E-state index in [9.17, 15) is 4.79 Å². The first kappa shape index (κ1) is 22.9. The van der Waals surface area contributed by atoms with Gasteiger partial charge in [0.05, 0.1) is 18.7 Å². The molecule has 0 aliphatic carbocycles. The minimum atomic E-state index is -0.313. The van der Waals surface area contributed by atoms with Gasteiger partial charge >= 0.3 is 5.97 Å². The molecule has 3 aromatic rings. The maximum atomic E-state index is 11.7. The lowest BCUT2D eigenvalue weighted by molar-refractivity contribution is 0.0526. The van der Waals surface area contributed by atoms with Crippen molar-refractivity contribution in [2.75, 3.05) is 18.9 Å². The number of halogens is 1. The number of tetrazole rings is 1. The Kier molecular flexibility index (Phi) is 9.17. The second-order valence-corrected chi connectivity index (χ2v) is 7.09. The van der Waals surface area contributed by atoms with Crippen molar-refractivity contribution in [2.45, 2.75) is 25.0 Å². The normalized spacial score (nSPS) is 10.6. The van der Waals surface area contributed by atoms with E-state index in [1.807, 2.05) is 31.3 Å². The predicted molar refractivity (Wildman–Crippen MR) is 113 cm³/mol. The highest BCUT2D eigenvalue weighted by Crippen LogP contribution is 2.23. The summed E-state index contributed by atoms with van der Waals surface area (Å²) < 4.78 is 12.5. The quantitative estimate of drug-likeness (QED) is 0.293. The van der Waals surface area contributed by atoms with Crippen molar-refractivity contribution in [3.63, 3.8) is 0 Å². The summed E-state index contributed by atoms with van der Waals surface area (Å²) in [4.78, 5) is 11.7. The molecule has 29 heavy (non-hydrogen) atoms. The number of benzene rings is 1. The maximum absolute atomic E-state index is 11.7. The molecule has 1 N–H and O–H groups in total. The number of esters is 1. The fourth-order valence-electron chi connectivity index (χ4n) is 2.53. The summed E-state index contributed by atoms with van der Waals surface area (Å²) in [6, 6.07) is 11.1. The van der Waals surface area contributed by atoms with Crippen molar-refractivity contribution >= 4 is 30.1 Å². The van der Waals surface area contributed by atoms with Gasteiger partial charge in [0.2, 0.25) is 5.16 Å². The second kappa shape index (κ2) is 11.6. The third kappa shape index (κ3) is 6.59. The molecule has 1 aromatic carbocycles. The lowest BCUT2D eigenvalue weighted by atomic mass is 10.1. The topological polar surface area (TPSA) is 95.1 Å². The maximum Gasteiger partial charge on any atom is 0.338 e. The summed E-state index contributed by atoms with van der Waals surface area (Å²) >= 11 is 1.64. The van der Waals surface area contributed by atoms with Crippen molar-refractivity contribution in [3.8, 4) is 11.3 Å². The van der Waals surface area contributed by atoms with Crippen LogP contribution < -0.4 is 5.32 Å². The molecule has 2 heterocycles. The molecule has 0 aliphatic rings. The second-order valence-electron chi connectivity index (χ2n) is 6.03. The number of nitrogens with zero attached hydrogens (tertiary/aromatic N) is 4. The number of carbonyl (C=O) groups excluding carboxylic acids is 1. The first-order valence-corrected chi connectivity index (χ1v) is 10.1. The summed E-state index contributed by atoms with van der Waals surface area (Å²) in [5.74, 6) is 2.27. The molecule has 10 heteroatoms. The molecule has 0 saturated heterocycles. The van der Waals surface area contributed by atoms with Crippen molar-refractivity contribution in [2.24, 2.45) is 7.05 Å². The highest BCUT2D eigenvalue weighted by molar-refractivity contribution is 7.99. The molecule has 2 aromatic heterocycles. The summed E-state index contributed by atoms with van der Waals surface area (Å²) in [7, 11) is 1.83. The van der Waals surface area contributed by atoms with Crippen molar-refractivity contribution < 1.29 is 13.9 Å². The molecule has 0 atom stereocenters. The van der Waals surface area contributed by atoms with Gasteiger partial charge in [-0.1, -0.05) is 23.9 Å². The lowest BCUT2D eigenvalue weighted by Gasteiger charge is -2.03. The fraction of sp³-hybridized carbons (Fsp3) is 0.368. The van der Waals surface area contributed by atoms with E-state index in [-0.39, 0.29) is 18.4 Å². The zero-order chi connectivity index (χ0) is 19.8. The zero-order valence-electron chi connectivity index (χ0n) is 16.3. The van der Waals surface area contributed by atoms with Crippen LogP contribution >= 0.6 is 24.2 Å². The molecular weight excluding hydrogens is 414 g/mol. The highest BCUT2D eigenvalue weighted by Gasteiger charge is 2.09. The Morgan fingerprint density at radius 3 is 2.72 bits per heavy atom. The summed E-state index contributed by atoms with van der Waals surface area (Å²) in [6.07, 6.45) is 1.00. The average molecular weight is 438 g/mol. The average Bonchev–Trinajstić information content (AvgIpc) is 3.34.